The Bertz CT molecular complexity index is 153. The minimum Gasteiger partial charge on any atom is -0.466 e. The second-order valence-electron chi connectivity index (χ2n) is 2.55. The number of hydrogen-bond donors (Lipinski definition) is 0. The SMILES string of the molecule is CC(=O)OCCC(F)C(C)(F)F. The molecule has 0 aromatic rings. The Morgan fingerprint density at radius 2 is 2.08 bits per heavy atom. The van der Waals surface area contributed by atoms with Crippen LogP contribution in [0.1, 0.15) is 20.3 Å². The van der Waals surface area contributed by atoms with E-state index in [1.54, 1.807) is 0 Å². The molecule has 0 aromatic carbocycles. The van der Waals surface area contributed by atoms with Gasteiger partial charge in [0, 0.05) is 20.3 Å². The fraction of sp³-hybridized carbons (Fsp3) is 0.857. The third kappa shape index (κ3) is 4.98. The molecule has 1 atom stereocenters. The number of ether oxygens (including phenoxy) is 1. The van der Waals surface area contributed by atoms with Crippen molar-refractivity contribution in [2.24, 2.45) is 0 Å². The van der Waals surface area contributed by atoms with Crippen LogP contribution in [0.4, 0.5) is 13.2 Å². The summed E-state index contributed by atoms with van der Waals surface area (Å²) >= 11 is 0. The molecule has 2 nitrogen and oxygen atoms in total. The molecule has 0 radical (unpaired) electrons. The lowest BCUT2D eigenvalue weighted by atomic mass is 10.2. The molecule has 0 amide bonds. The van der Waals surface area contributed by atoms with Crippen LogP contribution in [0.2, 0.25) is 0 Å². The lowest BCUT2D eigenvalue weighted by Crippen LogP contribution is -2.27. The van der Waals surface area contributed by atoms with Crippen LogP contribution >= 0.6 is 0 Å². The van der Waals surface area contributed by atoms with Crippen LogP contribution in [0.25, 0.3) is 0 Å². The number of hydrogen-bond acceptors (Lipinski definition) is 2. The maximum absolute atomic E-state index is 12.4. The first-order chi connectivity index (χ1) is 5.34. The Kier molecular flexibility index (Phi) is 4.06. The molecular weight excluding hydrogens is 173 g/mol. The highest BCUT2D eigenvalue weighted by Crippen LogP contribution is 2.22. The minimum absolute atomic E-state index is 0.306. The van der Waals surface area contributed by atoms with E-state index in [1.807, 2.05) is 0 Å². The molecule has 0 aliphatic carbocycles. The molecule has 0 aliphatic heterocycles. The topological polar surface area (TPSA) is 26.3 Å². The number of esters is 1. The van der Waals surface area contributed by atoms with Crippen LogP contribution in [0.3, 0.4) is 0 Å². The summed E-state index contributed by atoms with van der Waals surface area (Å²) in [6, 6.07) is 0. The molecule has 0 aromatic heterocycles. The monoisotopic (exact) mass is 184 g/mol. The van der Waals surface area contributed by atoms with E-state index in [9.17, 15) is 18.0 Å². The first-order valence-corrected chi connectivity index (χ1v) is 3.49. The molecule has 1 unspecified atom stereocenters. The maximum Gasteiger partial charge on any atom is 0.302 e. The molecule has 0 saturated heterocycles. The molecule has 0 N–H and O–H groups in total. The van der Waals surface area contributed by atoms with E-state index >= 15 is 0 Å². The molecule has 0 bridgehead atoms. The van der Waals surface area contributed by atoms with Gasteiger partial charge in [0.25, 0.3) is 5.92 Å². The lowest BCUT2D eigenvalue weighted by Gasteiger charge is -2.14. The Labute approximate surface area is 68.7 Å². The Morgan fingerprint density at radius 1 is 1.58 bits per heavy atom. The number of rotatable bonds is 4. The predicted molar refractivity (Wildman–Crippen MR) is 36.8 cm³/mol. The Hall–Kier alpha value is -0.740. The standard InChI is InChI=1S/C7H11F3O2/c1-5(11)12-4-3-6(8)7(2,9)10/h6H,3-4H2,1-2H3. The van der Waals surface area contributed by atoms with Gasteiger partial charge < -0.3 is 4.74 Å². The smallest absolute Gasteiger partial charge is 0.302 e. The normalized spacial score (nSPS) is 14.1. The van der Waals surface area contributed by atoms with Crippen molar-refractivity contribution < 1.29 is 22.7 Å². The van der Waals surface area contributed by atoms with Crippen molar-refractivity contribution in [1.82, 2.24) is 0 Å². The van der Waals surface area contributed by atoms with E-state index in [0.717, 1.165) is 6.92 Å². The van der Waals surface area contributed by atoms with E-state index < -0.39 is 24.5 Å². The van der Waals surface area contributed by atoms with Crippen LogP contribution in [0.5, 0.6) is 0 Å². The first kappa shape index (κ1) is 11.3. The van der Waals surface area contributed by atoms with Crippen LogP contribution in [0, 0.1) is 0 Å². The number of halogens is 3. The summed E-state index contributed by atoms with van der Waals surface area (Å²) in [6.45, 7) is 1.32. The van der Waals surface area contributed by atoms with Crippen LogP contribution in [-0.4, -0.2) is 24.7 Å². The molecule has 0 aliphatic rings. The number of carbonyl (C=O) groups is 1. The maximum atomic E-state index is 12.4. The highest BCUT2D eigenvalue weighted by Gasteiger charge is 2.33. The zero-order valence-corrected chi connectivity index (χ0v) is 6.94. The molecule has 72 valence electrons. The highest BCUT2D eigenvalue weighted by molar-refractivity contribution is 5.65. The van der Waals surface area contributed by atoms with Crippen molar-refractivity contribution in [2.45, 2.75) is 32.4 Å². The Balaban J connectivity index is 3.58. The summed E-state index contributed by atoms with van der Waals surface area (Å²) in [5.74, 6) is -3.96. The minimum atomic E-state index is -3.36. The van der Waals surface area contributed by atoms with Gasteiger partial charge in [-0.05, 0) is 0 Å². The van der Waals surface area contributed by atoms with Crippen molar-refractivity contribution in [3.8, 4) is 0 Å². The van der Waals surface area contributed by atoms with Gasteiger partial charge in [0.15, 0.2) is 6.17 Å². The number of carbonyl (C=O) groups excluding carboxylic acids is 1. The van der Waals surface area contributed by atoms with E-state index in [0.29, 0.717) is 6.92 Å². The van der Waals surface area contributed by atoms with Crippen LogP contribution in [-0.2, 0) is 9.53 Å². The van der Waals surface area contributed by atoms with Gasteiger partial charge in [-0.2, -0.15) is 0 Å². The van der Waals surface area contributed by atoms with Gasteiger partial charge in [0.05, 0.1) is 6.61 Å². The van der Waals surface area contributed by atoms with Gasteiger partial charge in [-0.3, -0.25) is 4.79 Å². The largest absolute Gasteiger partial charge is 0.466 e. The summed E-state index contributed by atoms with van der Waals surface area (Å²) in [5.41, 5.74) is 0. The van der Waals surface area contributed by atoms with Crippen molar-refractivity contribution in [3.63, 3.8) is 0 Å². The van der Waals surface area contributed by atoms with Gasteiger partial charge in [-0.25, -0.2) is 13.2 Å². The highest BCUT2D eigenvalue weighted by atomic mass is 19.3. The second-order valence-corrected chi connectivity index (χ2v) is 2.55. The third-order valence-electron chi connectivity index (χ3n) is 1.23. The first-order valence-electron chi connectivity index (χ1n) is 3.49. The second kappa shape index (κ2) is 4.33. The van der Waals surface area contributed by atoms with Crippen molar-refractivity contribution in [3.05, 3.63) is 0 Å². The van der Waals surface area contributed by atoms with Gasteiger partial charge in [-0.15, -0.1) is 0 Å². The summed E-state index contributed by atoms with van der Waals surface area (Å²) in [5, 5.41) is 0. The summed E-state index contributed by atoms with van der Waals surface area (Å²) < 4.78 is 41.0. The quantitative estimate of drug-likeness (QED) is 0.624. The molecule has 0 rings (SSSR count). The van der Waals surface area contributed by atoms with E-state index in [-0.39, 0.29) is 6.61 Å². The molecule has 0 spiro atoms. The van der Waals surface area contributed by atoms with Gasteiger partial charge in [0.1, 0.15) is 0 Å². The lowest BCUT2D eigenvalue weighted by molar-refractivity contribution is -0.142. The summed E-state index contributed by atoms with van der Waals surface area (Å²) in [6.07, 6.45) is -2.72. The van der Waals surface area contributed by atoms with Crippen molar-refractivity contribution in [2.75, 3.05) is 6.61 Å². The molecule has 5 heteroatoms. The summed E-state index contributed by atoms with van der Waals surface area (Å²) in [7, 11) is 0. The zero-order chi connectivity index (χ0) is 9.78. The summed E-state index contributed by atoms with van der Waals surface area (Å²) in [4.78, 5) is 10.1. The fourth-order valence-electron chi connectivity index (χ4n) is 0.560. The molecule has 0 heterocycles. The Morgan fingerprint density at radius 3 is 2.42 bits per heavy atom. The van der Waals surface area contributed by atoms with Gasteiger partial charge >= 0.3 is 5.97 Å². The average molecular weight is 184 g/mol. The molecule has 0 fully saturated rings. The van der Waals surface area contributed by atoms with Gasteiger partial charge in [-0.1, -0.05) is 0 Å². The molecule has 0 saturated carbocycles. The average Bonchev–Trinajstić information content (AvgIpc) is 1.84. The fourth-order valence-corrected chi connectivity index (χ4v) is 0.560. The molecular formula is C7H11F3O2. The zero-order valence-electron chi connectivity index (χ0n) is 6.94. The number of alkyl halides is 3. The van der Waals surface area contributed by atoms with Crippen LogP contribution < -0.4 is 0 Å². The van der Waals surface area contributed by atoms with Crippen LogP contribution in [0.15, 0.2) is 0 Å². The van der Waals surface area contributed by atoms with Crippen molar-refractivity contribution >= 4 is 5.97 Å². The predicted octanol–water partition coefficient (Wildman–Crippen LogP) is 1.93. The van der Waals surface area contributed by atoms with Crippen molar-refractivity contribution in [1.29, 1.82) is 0 Å². The van der Waals surface area contributed by atoms with E-state index in [1.165, 1.54) is 0 Å². The van der Waals surface area contributed by atoms with Gasteiger partial charge in [0.2, 0.25) is 0 Å². The van der Waals surface area contributed by atoms with E-state index in [4.69, 9.17) is 0 Å². The van der Waals surface area contributed by atoms with E-state index in [2.05, 4.69) is 4.74 Å². The third-order valence-corrected chi connectivity index (χ3v) is 1.23. The molecule has 12 heavy (non-hydrogen) atoms.